The predicted octanol–water partition coefficient (Wildman–Crippen LogP) is 0.223. The number of rotatable bonds is 2. The van der Waals surface area contributed by atoms with Gasteiger partial charge >= 0.3 is 71.7 Å². The van der Waals surface area contributed by atoms with Gasteiger partial charge in [0.15, 0.2) is 0 Å². The third kappa shape index (κ3) is 2.28. The monoisotopic (exact) mass is 135 g/mol. The Labute approximate surface area is 72.1 Å². The summed E-state index contributed by atoms with van der Waals surface area (Å²) in [5.74, 6) is 0. The van der Waals surface area contributed by atoms with Gasteiger partial charge in [0.2, 0.25) is 0 Å². The van der Waals surface area contributed by atoms with Gasteiger partial charge in [0.05, 0.1) is 0 Å². The first-order valence-electron chi connectivity index (χ1n) is 4.16. The fraction of sp³-hybridized carbons (Fsp3) is 1.00. The minimum atomic E-state index is 0.740. The molecule has 54 valence electrons. The fourth-order valence-corrected chi connectivity index (χ4v) is 1.28. The number of nitrogens with zero attached hydrogens (tertiary/aromatic N) is 1. The maximum atomic E-state index is 5.25. The van der Waals surface area contributed by atoms with Crippen LogP contribution in [0.25, 0.3) is 0 Å². The van der Waals surface area contributed by atoms with Crippen LogP contribution in [0.3, 0.4) is 0 Å². The second-order valence-electron chi connectivity index (χ2n) is 2.91. The van der Waals surface area contributed by atoms with Gasteiger partial charge in [-0.1, -0.05) is 0 Å². The van der Waals surface area contributed by atoms with Gasteiger partial charge in [-0.25, -0.2) is 0 Å². The molecule has 0 aromatic heterocycles. The van der Waals surface area contributed by atoms with Gasteiger partial charge in [0.25, 0.3) is 0 Å². The molecule has 0 spiro atoms. The van der Waals surface area contributed by atoms with Crippen LogP contribution >= 0.6 is 0 Å². The predicted molar refractivity (Wildman–Crippen MR) is 42.2 cm³/mol. The van der Waals surface area contributed by atoms with Crippen LogP contribution in [0.1, 0.15) is 13.3 Å². The molecule has 2 nitrogen and oxygen atoms in total. The first kappa shape index (κ1) is 8.61. The average Bonchev–Trinajstić information content (AvgIpc) is 2.05. The van der Waals surface area contributed by atoms with Gasteiger partial charge in [0, 0.05) is 0 Å². The van der Waals surface area contributed by atoms with Crippen molar-refractivity contribution in [1.29, 1.82) is 0 Å². The van der Waals surface area contributed by atoms with Crippen LogP contribution < -0.4 is 0 Å². The molecule has 1 atom stereocenters. The summed E-state index contributed by atoms with van der Waals surface area (Å²) in [6, 6.07) is 0. The fourth-order valence-electron chi connectivity index (χ4n) is 1.28. The Bertz CT molecular complexity index is 93.6. The Kier molecular flexibility index (Phi) is 3.80. The van der Waals surface area contributed by atoms with E-state index in [1.165, 1.54) is 6.42 Å². The zero-order valence-corrected chi connectivity index (χ0v) is 6.97. The summed E-state index contributed by atoms with van der Waals surface area (Å²) in [5.41, 5.74) is 0. The molecule has 0 saturated carbocycles. The van der Waals surface area contributed by atoms with E-state index in [9.17, 15) is 0 Å². The van der Waals surface area contributed by atoms with Crippen LogP contribution in [0.4, 0.5) is 0 Å². The molecular formula is C7H14LiNO. The van der Waals surface area contributed by atoms with Gasteiger partial charge in [-0.05, 0) is 0 Å². The number of ether oxygens (including phenoxy) is 1. The minimum absolute atomic E-state index is 0.740. The molecular weight excluding hydrogens is 121 g/mol. The van der Waals surface area contributed by atoms with Crippen molar-refractivity contribution in [3.63, 3.8) is 0 Å². The van der Waals surface area contributed by atoms with E-state index in [0.717, 1.165) is 31.0 Å². The molecule has 0 aliphatic carbocycles. The van der Waals surface area contributed by atoms with Gasteiger partial charge in [-0.3, -0.25) is 0 Å². The molecule has 0 amide bonds. The standard InChI is InChI=1S/C7H14NO.Li/c1-2-3-8-4-6-9-7-5-8;/h3H,2,4-7H2,1H3;. The number of hydrogen-bond donors (Lipinski definition) is 0. The van der Waals surface area contributed by atoms with Gasteiger partial charge in [-0.2, -0.15) is 0 Å². The third-order valence-electron chi connectivity index (χ3n) is 2.26. The second kappa shape index (κ2) is 4.41. The molecule has 0 radical (unpaired) electrons. The Morgan fingerprint density at radius 2 is 2.10 bits per heavy atom. The molecule has 0 bridgehead atoms. The molecule has 1 unspecified atom stereocenters. The third-order valence-corrected chi connectivity index (χ3v) is 2.26. The van der Waals surface area contributed by atoms with Crippen LogP contribution in [0.2, 0.25) is 0 Å². The first-order valence-corrected chi connectivity index (χ1v) is 4.16. The van der Waals surface area contributed by atoms with Crippen molar-refractivity contribution in [2.75, 3.05) is 26.3 Å². The molecule has 1 aliphatic heterocycles. The van der Waals surface area contributed by atoms with Crippen molar-refractivity contribution in [1.82, 2.24) is 4.90 Å². The molecule has 1 fully saturated rings. The van der Waals surface area contributed by atoms with Crippen molar-refractivity contribution in [3.8, 4) is 0 Å². The summed E-state index contributed by atoms with van der Waals surface area (Å²) < 4.78 is 5.99. The van der Waals surface area contributed by atoms with E-state index in [2.05, 4.69) is 29.5 Å². The quantitative estimate of drug-likeness (QED) is 0.502. The Morgan fingerprint density at radius 3 is 2.60 bits per heavy atom. The van der Waals surface area contributed by atoms with Gasteiger partial charge < -0.3 is 0 Å². The molecule has 1 rings (SSSR count). The van der Waals surface area contributed by atoms with Crippen LogP contribution in [-0.2, 0) is 4.74 Å². The van der Waals surface area contributed by atoms with E-state index < -0.39 is 0 Å². The SMILES string of the molecule is [Li][CH](CC)N1CCOCC1. The summed E-state index contributed by atoms with van der Waals surface area (Å²) >= 11 is 2.28. The van der Waals surface area contributed by atoms with E-state index >= 15 is 0 Å². The van der Waals surface area contributed by atoms with E-state index in [4.69, 9.17) is 4.74 Å². The molecule has 0 aromatic rings. The Balaban J connectivity index is 2.24. The zero-order chi connectivity index (χ0) is 7.40. The topological polar surface area (TPSA) is 12.5 Å². The van der Waals surface area contributed by atoms with Crippen LogP contribution in [0.15, 0.2) is 0 Å². The van der Waals surface area contributed by atoms with Crippen molar-refractivity contribution in [2.45, 2.75) is 18.1 Å². The normalized spacial score (nSPS) is 24.7. The summed E-state index contributed by atoms with van der Waals surface area (Å²) in [6.07, 6.45) is 1.25. The molecule has 1 saturated heterocycles. The van der Waals surface area contributed by atoms with Crippen molar-refractivity contribution in [3.05, 3.63) is 0 Å². The second-order valence-corrected chi connectivity index (χ2v) is 2.91. The van der Waals surface area contributed by atoms with Gasteiger partial charge in [0.1, 0.15) is 0 Å². The maximum absolute atomic E-state index is 5.25. The molecule has 1 aliphatic rings. The molecule has 3 heteroatoms. The Morgan fingerprint density at radius 1 is 1.50 bits per heavy atom. The van der Waals surface area contributed by atoms with E-state index in [-0.39, 0.29) is 0 Å². The zero-order valence-electron chi connectivity index (χ0n) is 6.97. The van der Waals surface area contributed by atoms with E-state index in [1.54, 1.807) is 0 Å². The average molecular weight is 135 g/mol. The van der Waals surface area contributed by atoms with E-state index in [0.29, 0.717) is 0 Å². The first-order chi connectivity index (χ1) is 4.84. The summed E-state index contributed by atoms with van der Waals surface area (Å²) in [6.45, 7) is 6.32. The Hall–Kier alpha value is 0.517. The summed E-state index contributed by atoms with van der Waals surface area (Å²) in [7, 11) is 0. The van der Waals surface area contributed by atoms with Gasteiger partial charge in [-0.15, -0.1) is 0 Å². The van der Waals surface area contributed by atoms with E-state index in [1.807, 2.05) is 0 Å². The molecule has 1 heterocycles. The number of morpholine rings is 1. The van der Waals surface area contributed by atoms with Crippen LogP contribution in [-0.4, -0.2) is 53.6 Å². The molecule has 0 N–H and O–H groups in total. The number of hydrogen-bond acceptors (Lipinski definition) is 2. The summed E-state index contributed by atoms with van der Waals surface area (Å²) in [4.78, 5) is 2.49. The molecule has 0 aromatic carbocycles. The van der Waals surface area contributed by atoms with Crippen molar-refractivity contribution >= 4 is 17.7 Å². The van der Waals surface area contributed by atoms with Crippen molar-refractivity contribution < 1.29 is 4.74 Å². The van der Waals surface area contributed by atoms with Crippen LogP contribution in [0, 0.1) is 0 Å². The molecule has 10 heavy (non-hydrogen) atoms. The summed E-state index contributed by atoms with van der Waals surface area (Å²) in [5, 5.41) is 0. The van der Waals surface area contributed by atoms with Crippen LogP contribution in [0.5, 0.6) is 0 Å². The van der Waals surface area contributed by atoms with Crippen molar-refractivity contribution in [2.24, 2.45) is 0 Å².